The van der Waals surface area contributed by atoms with Crippen LogP contribution < -0.4 is 11.5 Å². The van der Waals surface area contributed by atoms with Crippen molar-refractivity contribution in [2.45, 2.75) is 0 Å². The van der Waals surface area contributed by atoms with Crippen molar-refractivity contribution in [1.82, 2.24) is 4.98 Å². The molecule has 0 aliphatic heterocycles. The van der Waals surface area contributed by atoms with E-state index in [0.29, 0.717) is 22.6 Å². The third kappa shape index (κ3) is 1.66. The van der Waals surface area contributed by atoms with Gasteiger partial charge in [-0.25, -0.2) is 4.98 Å². The number of pyridine rings is 1. The second-order valence-electron chi connectivity index (χ2n) is 3.36. The van der Waals surface area contributed by atoms with Crippen LogP contribution in [-0.4, -0.2) is 4.98 Å². The highest BCUT2D eigenvalue weighted by molar-refractivity contribution is 5.81. The van der Waals surface area contributed by atoms with Gasteiger partial charge >= 0.3 is 0 Å². The Bertz CT molecular complexity index is 569. The largest absolute Gasteiger partial charge is 0.399 e. The Morgan fingerprint density at radius 1 is 1.12 bits per heavy atom. The first kappa shape index (κ1) is 9.99. The topological polar surface area (TPSA) is 88.7 Å². The van der Waals surface area contributed by atoms with Gasteiger partial charge in [0.2, 0.25) is 0 Å². The Balaban J connectivity index is 2.68. The summed E-state index contributed by atoms with van der Waals surface area (Å²) in [6, 6.07) is 10.8. The molecule has 0 bridgehead atoms. The molecule has 0 unspecified atom stereocenters. The Kier molecular flexibility index (Phi) is 2.44. The molecule has 1 aromatic carbocycles. The summed E-state index contributed by atoms with van der Waals surface area (Å²) >= 11 is 0. The number of nitrogens with two attached hydrogens (primary N) is 2. The molecule has 2 aromatic rings. The van der Waals surface area contributed by atoms with Gasteiger partial charge in [-0.2, -0.15) is 5.26 Å². The van der Waals surface area contributed by atoms with Crippen molar-refractivity contribution in [1.29, 1.82) is 5.26 Å². The van der Waals surface area contributed by atoms with Crippen LogP contribution in [0.4, 0.5) is 11.4 Å². The molecule has 0 saturated heterocycles. The maximum absolute atomic E-state index is 8.96. The quantitative estimate of drug-likeness (QED) is 0.702. The van der Waals surface area contributed by atoms with Crippen molar-refractivity contribution >= 4 is 11.4 Å². The normalized spacial score (nSPS) is 9.69. The lowest BCUT2D eigenvalue weighted by molar-refractivity contribution is 1.27. The average Bonchev–Trinajstić information content (AvgIpc) is 2.32. The van der Waals surface area contributed by atoms with Gasteiger partial charge in [-0.1, -0.05) is 0 Å². The Labute approximate surface area is 93.1 Å². The molecule has 4 N–H and O–H groups in total. The number of nitriles is 1. The van der Waals surface area contributed by atoms with E-state index in [2.05, 4.69) is 4.98 Å². The van der Waals surface area contributed by atoms with Crippen LogP contribution in [0.15, 0.2) is 36.5 Å². The molecule has 4 heteroatoms. The van der Waals surface area contributed by atoms with Crippen LogP contribution in [-0.2, 0) is 0 Å². The molecular formula is C12H10N4. The molecule has 0 radical (unpaired) electrons. The minimum atomic E-state index is 0.347. The molecule has 1 aromatic heterocycles. The highest BCUT2D eigenvalue weighted by atomic mass is 14.7. The summed E-state index contributed by atoms with van der Waals surface area (Å²) in [5.74, 6) is 0. The lowest BCUT2D eigenvalue weighted by Gasteiger charge is -2.07. The molecule has 2 rings (SSSR count). The zero-order chi connectivity index (χ0) is 11.5. The van der Waals surface area contributed by atoms with E-state index < -0.39 is 0 Å². The fraction of sp³-hybridized carbons (Fsp3) is 0. The van der Waals surface area contributed by atoms with E-state index in [4.69, 9.17) is 16.7 Å². The number of hydrogen-bond acceptors (Lipinski definition) is 4. The smallest absolute Gasteiger partial charge is 0.148 e. The summed E-state index contributed by atoms with van der Waals surface area (Å²) < 4.78 is 0. The maximum atomic E-state index is 8.96. The molecular weight excluding hydrogens is 200 g/mol. The number of hydrogen-bond donors (Lipinski definition) is 2. The first-order chi connectivity index (χ1) is 7.72. The van der Waals surface area contributed by atoms with Gasteiger partial charge < -0.3 is 11.5 Å². The van der Waals surface area contributed by atoms with Crippen LogP contribution in [0.3, 0.4) is 0 Å². The van der Waals surface area contributed by atoms with Crippen LogP contribution in [0, 0.1) is 11.3 Å². The fourth-order valence-corrected chi connectivity index (χ4v) is 1.52. The summed E-state index contributed by atoms with van der Waals surface area (Å²) in [6.07, 6.45) is 1.57. The lowest BCUT2D eigenvalue weighted by Crippen LogP contribution is -1.95. The van der Waals surface area contributed by atoms with Crippen molar-refractivity contribution in [2.75, 3.05) is 11.5 Å². The van der Waals surface area contributed by atoms with Crippen molar-refractivity contribution in [3.05, 3.63) is 42.2 Å². The predicted molar refractivity (Wildman–Crippen MR) is 63.2 cm³/mol. The van der Waals surface area contributed by atoms with Crippen LogP contribution >= 0.6 is 0 Å². The predicted octanol–water partition coefficient (Wildman–Crippen LogP) is 1.78. The average molecular weight is 210 g/mol. The molecule has 0 fully saturated rings. The number of aromatic nitrogens is 1. The zero-order valence-corrected chi connectivity index (χ0v) is 8.51. The SMILES string of the molecule is N#Cc1ncccc1-c1cc(N)ccc1N. The molecule has 4 nitrogen and oxygen atoms in total. The number of rotatable bonds is 1. The molecule has 0 aliphatic rings. The molecule has 78 valence electrons. The Hall–Kier alpha value is -2.54. The van der Waals surface area contributed by atoms with E-state index in [1.54, 1.807) is 36.5 Å². The van der Waals surface area contributed by atoms with Gasteiger partial charge in [0.15, 0.2) is 0 Å². The molecule has 0 atom stereocenters. The summed E-state index contributed by atoms with van der Waals surface area (Å²) in [6.45, 7) is 0. The van der Waals surface area contributed by atoms with E-state index >= 15 is 0 Å². The molecule has 0 aliphatic carbocycles. The molecule has 1 heterocycles. The second-order valence-corrected chi connectivity index (χ2v) is 3.36. The molecule has 16 heavy (non-hydrogen) atoms. The van der Waals surface area contributed by atoms with E-state index in [0.717, 1.165) is 5.56 Å². The highest BCUT2D eigenvalue weighted by Gasteiger charge is 2.08. The van der Waals surface area contributed by atoms with E-state index in [9.17, 15) is 0 Å². The van der Waals surface area contributed by atoms with Crippen molar-refractivity contribution in [3.8, 4) is 17.2 Å². The van der Waals surface area contributed by atoms with Gasteiger partial charge in [0.05, 0.1) is 0 Å². The number of anilines is 2. The number of benzene rings is 1. The highest BCUT2D eigenvalue weighted by Crippen LogP contribution is 2.29. The molecule has 0 amide bonds. The van der Waals surface area contributed by atoms with Gasteiger partial charge in [0.1, 0.15) is 11.8 Å². The summed E-state index contributed by atoms with van der Waals surface area (Å²) in [5, 5.41) is 8.96. The minimum Gasteiger partial charge on any atom is -0.399 e. The first-order valence-electron chi connectivity index (χ1n) is 4.73. The Morgan fingerprint density at radius 3 is 2.69 bits per heavy atom. The van der Waals surface area contributed by atoms with Gasteiger partial charge in [-0.15, -0.1) is 0 Å². The number of nitrogens with zero attached hydrogens (tertiary/aromatic N) is 2. The minimum absolute atomic E-state index is 0.347. The first-order valence-corrected chi connectivity index (χ1v) is 4.73. The van der Waals surface area contributed by atoms with Crippen LogP contribution in [0.25, 0.3) is 11.1 Å². The van der Waals surface area contributed by atoms with Crippen LogP contribution in [0.1, 0.15) is 5.69 Å². The fourth-order valence-electron chi connectivity index (χ4n) is 1.52. The van der Waals surface area contributed by atoms with Gasteiger partial charge in [0, 0.05) is 28.7 Å². The van der Waals surface area contributed by atoms with E-state index in [1.165, 1.54) is 0 Å². The summed E-state index contributed by atoms with van der Waals surface area (Å²) in [5.41, 5.74) is 14.5. The second kappa shape index (κ2) is 3.91. The standard InChI is InChI=1S/C12H10N4/c13-7-12-9(2-1-5-16-12)10-6-8(14)3-4-11(10)15/h1-6H,14-15H2. The Morgan fingerprint density at radius 2 is 1.94 bits per heavy atom. The van der Waals surface area contributed by atoms with Crippen LogP contribution in [0.2, 0.25) is 0 Å². The molecule has 0 spiro atoms. The van der Waals surface area contributed by atoms with Crippen molar-refractivity contribution < 1.29 is 0 Å². The van der Waals surface area contributed by atoms with Gasteiger partial charge in [-0.05, 0) is 30.3 Å². The van der Waals surface area contributed by atoms with Gasteiger partial charge in [-0.3, -0.25) is 0 Å². The van der Waals surface area contributed by atoms with Crippen molar-refractivity contribution in [3.63, 3.8) is 0 Å². The third-order valence-electron chi connectivity index (χ3n) is 2.28. The molecule has 0 saturated carbocycles. The lowest BCUT2D eigenvalue weighted by atomic mass is 10.0. The monoisotopic (exact) mass is 210 g/mol. The van der Waals surface area contributed by atoms with E-state index in [-0.39, 0.29) is 0 Å². The maximum Gasteiger partial charge on any atom is 0.148 e. The third-order valence-corrected chi connectivity index (χ3v) is 2.28. The number of nitrogen functional groups attached to an aromatic ring is 2. The summed E-state index contributed by atoms with van der Waals surface area (Å²) in [7, 11) is 0. The van der Waals surface area contributed by atoms with Crippen molar-refractivity contribution in [2.24, 2.45) is 0 Å². The van der Waals surface area contributed by atoms with Gasteiger partial charge in [0.25, 0.3) is 0 Å². The zero-order valence-electron chi connectivity index (χ0n) is 8.51. The van der Waals surface area contributed by atoms with Crippen LogP contribution in [0.5, 0.6) is 0 Å². The summed E-state index contributed by atoms with van der Waals surface area (Å²) in [4.78, 5) is 3.99. The van der Waals surface area contributed by atoms with E-state index in [1.807, 2.05) is 6.07 Å².